The van der Waals surface area contributed by atoms with Crippen LogP contribution in [0.3, 0.4) is 0 Å². The Labute approximate surface area is 105 Å². The zero-order chi connectivity index (χ0) is 12.0. The molecular weight excluding hydrogens is 237 g/mol. The van der Waals surface area contributed by atoms with Crippen molar-refractivity contribution in [2.24, 2.45) is 0 Å². The van der Waals surface area contributed by atoms with Gasteiger partial charge < -0.3 is 5.11 Å². The summed E-state index contributed by atoms with van der Waals surface area (Å²) in [6.45, 7) is 1.65. The molecule has 0 aliphatic carbocycles. The predicted molar refractivity (Wildman–Crippen MR) is 66.5 cm³/mol. The van der Waals surface area contributed by atoms with Gasteiger partial charge in [-0.05, 0) is 44.7 Å². The van der Waals surface area contributed by atoms with Crippen LogP contribution in [0.25, 0.3) is 0 Å². The summed E-state index contributed by atoms with van der Waals surface area (Å²) in [6.07, 6.45) is 3.90. The van der Waals surface area contributed by atoms with Crippen LogP contribution in [0, 0.1) is 12.7 Å². The number of fused-ring (bicyclic) bond motifs is 2. The van der Waals surface area contributed by atoms with E-state index in [1.165, 1.54) is 18.9 Å². The van der Waals surface area contributed by atoms with Gasteiger partial charge in [0.2, 0.25) is 0 Å². The van der Waals surface area contributed by atoms with Crippen LogP contribution in [-0.2, 0) is 5.60 Å². The Morgan fingerprint density at radius 3 is 2.59 bits per heavy atom. The monoisotopic (exact) mass is 253 g/mol. The lowest BCUT2D eigenvalue weighted by Crippen LogP contribution is -2.35. The molecule has 2 unspecified atom stereocenters. The fraction of sp³-hybridized carbons (Fsp3) is 0.615. The van der Waals surface area contributed by atoms with Crippen LogP contribution in [0.4, 0.5) is 4.39 Å². The van der Waals surface area contributed by atoms with Crippen molar-refractivity contribution in [2.45, 2.75) is 48.7 Å². The summed E-state index contributed by atoms with van der Waals surface area (Å²) in [7, 11) is 0. The van der Waals surface area contributed by atoms with Crippen LogP contribution in [-0.4, -0.2) is 20.6 Å². The van der Waals surface area contributed by atoms with Crippen molar-refractivity contribution in [3.8, 4) is 0 Å². The molecule has 3 rings (SSSR count). The maximum absolute atomic E-state index is 13.2. The molecule has 0 spiro atoms. The molecule has 0 saturated carbocycles. The largest absolute Gasteiger partial charge is 0.383 e. The lowest BCUT2D eigenvalue weighted by molar-refractivity contribution is 0.0151. The van der Waals surface area contributed by atoms with Crippen molar-refractivity contribution < 1.29 is 9.50 Å². The van der Waals surface area contributed by atoms with Crippen LogP contribution >= 0.6 is 11.8 Å². The molecular formula is C13H16FNOS. The topological polar surface area (TPSA) is 33.1 Å². The van der Waals surface area contributed by atoms with E-state index in [1.54, 1.807) is 13.0 Å². The van der Waals surface area contributed by atoms with Crippen molar-refractivity contribution in [3.05, 3.63) is 29.3 Å². The number of hydrogen-bond donors (Lipinski definition) is 1. The third kappa shape index (κ3) is 1.97. The van der Waals surface area contributed by atoms with E-state index < -0.39 is 5.60 Å². The fourth-order valence-electron chi connectivity index (χ4n) is 2.93. The van der Waals surface area contributed by atoms with Crippen LogP contribution < -0.4 is 0 Å². The van der Waals surface area contributed by atoms with Crippen molar-refractivity contribution in [1.29, 1.82) is 0 Å². The first-order valence-electron chi connectivity index (χ1n) is 6.08. The Bertz CT molecular complexity index is 439. The minimum atomic E-state index is -0.838. The smallest absolute Gasteiger partial charge is 0.144 e. The normalized spacial score (nSPS) is 36.2. The van der Waals surface area contributed by atoms with E-state index in [1.807, 2.05) is 11.8 Å². The predicted octanol–water partition coefficient (Wildman–Crippen LogP) is 2.77. The first kappa shape index (κ1) is 11.5. The molecule has 3 heterocycles. The van der Waals surface area contributed by atoms with E-state index in [0.29, 0.717) is 21.9 Å². The molecule has 2 fully saturated rings. The second-order valence-electron chi connectivity index (χ2n) is 5.16. The average Bonchev–Trinajstić information content (AvgIpc) is 2.62. The van der Waals surface area contributed by atoms with Gasteiger partial charge in [-0.1, -0.05) is 0 Å². The number of nitrogens with zero attached hydrogens (tertiary/aromatic N) is 1. The van der Waals surface area contributed by atoms with Gasteiger partial charge in [0, 0.05) is 10.5 Å². The number of hydrogen-bond acceptors (Lipinski definition) is 3. The minimum absolute atomic E-state index is 0.300. The number of rotatable bonds is 1. The molecule has 4 heteroatoms. The van der Waals surface area contributed by atoms with E-state index in [4.69, 9.17) is 0 Å². The Hall–Kier alpha value is -0.610. The molecule has 2 saturated heterocycles. The number of halogens is 1. The van der Waals surface area contributed by atoms with Crippen LogP contribution in [0.15, 0.2) is 12.1 Å². The van der Waals surface area contributed by atoms with Gasteiger partial charge in [0.05, 0.1) is 11.4 Å². The highest BCUT2D eigenvalue weighted by Gasteiger charge is 2.45. The summed E-state index contributed by atoms with van der Waals surface area (Å²) in [5.74, 6) is -0.300. The highest BCUT2D eigenvalue weighted by atomic mass is 32.2. The number of aromatic nitrogens is 1. The van der Waals surface area contributed by atoms with Crippen LogP contribution in [0.1, 0.15) is 37.1 Å². The summed E-state index contributed by atoms with van der Waals surface area (Å²) < 4.78 is 13.2. The second kappa shape index (κ2) is 3.95. The molecule has 0 aromatic carbocycles. The molecule has 2 aliphatic rings. The molecule has 1 aromatic heterocycles. The summed E-state index contributed by atoms with van der Waals surface area (Å²) in [4.78, 5) is 4.23. The number of thioether (sulfide) groups is 1. The van der Waals surface area contributed by atoms with E-state index in [0.717, 1.165) is 12.8 Å². The van der Waals surface area contributed by atoms with Crippen molar-refractivity contribution in [3.63, 3.8) is 0 Å². The number of aliphatic hydroxyl groups is 1. The molecule has 2 nitrogen and oxygen atoms in total. The van der Waals surface area contributed by atoms with E-state index in [9.17, 15) is 9.50 Å². The number of aryl methyl sites for hydroxylation is 1. The molecule has 92 valence electrons. The molecule has 0 amide bonds. The maximum atomic E-state index is 13.2. The van der Waals surface area contributed by atoms with Crippen molar-refractivity contribution in [1.82, 2.24) is 4.98 Å². The van der Waals surface area contributed by atoms with Gasteiger partial charge in [-0.2, -0.15) is 11.8 Å². The van der Waals surface area contributed by atoms with E-state index in [-0.39, 0.29) is 5.82 Å². The Balaban J connectivity index is 1.94. The highest BCUT2D eigenvalue weighted by molar-refractivity contribution is 8.00. The second-order valence-corrected chi connectivity index (χ2v) is 6.77. The highest BCUT2D eigenvalue weighted by Crippen LogP contribution is 2.50. The molecule has 1 aromatic rings. The molecule has 2 aliphatic heterocycles. The van der Waals surface area contributed by atoms with Crippen molar-refractivity contribution in [2.75, 3.05) is 0 Å². The first-order chi connectivity index (χ1) is 8.07. The Morgan fingerprint density at radius 1 is 1.35 bits per heavy atom. The van der Waals surface area contributed by atoms with Gasteiger partial charge in [0.25, 0.3) is 0 Å². The summed E-state index contributed by atoms with van der Waals surface area (Å²) in [6, 6.07) is 3.05. The third-order valence-electron chi connectivity index (χ3n) is 3.82. The maximum Gasteiger partial charge on any atom is 0.144 e. The Kier molecular flexibility index (Phi) is 2.67. The first-order valence-corrected chi connectivity index (χ1v) is 7.02. The van der Waals surface area contributed by atoms with Gasteiger partial charge in [-0.25, -0.2) is 4.39 Å². The number of pyridine rings is 1. The van der Waals surface area contributed by atoms with Crippen LogP contribution in [0.2, 0.25) is 0 Å². The zero-order valence-electron chi connectivity index (χ0n) is 9.82. The van der Waals surface area contributed by atoms with Gasteiger partial charge in [0.1, 0.15) is 11.4 Å². The molecule has 2 bridgehead atoms. The van der Waals surface area contributed by atoms with E-state index in [2.05, 4.69) is 4.98 Å². The summed E-state index contributed by atoms with van der Waals surface area (Å²) in [5, 5.41) is 11.8. The van der Waals surface area contributed by atoms with Gasteiger partial charge in [0.15, 0.2) is 0 Å². The average molecular weight is 253 g/mol. The molecule has 17 heavy (non-hydrogen) atoms. The SMILES string of the molecule is Cc1nc(C2(O)CC3CCC(C2)S3)ccc1F. The van der Waals surface area contributed by atoms with Gasteiger partial charge in [-0.15, -0.1) is 0 Å². The quantitative estimate of drug-likeness (QED) is 0.835. The van der Waals surface area contributed by atoms with Crippen LogP contribution in [0.5, 0.6) is 0 Å². The van der Waals surface area contributed by atoms with E-state index >= 15 is 0 Å². The third-order valence-corrected chi connectivity index (χ3v) is 5.40. The summed E-state index contributed by atoms with van der Waals surface area (Å²) in [5.41, 5.74) is 0.185. The lowest BCUT2D eigenvalue weighted by atomic mass is 9.89. The standard InChI is InChI=1S/C13H16FNOS/c1-8-11(14)4-5-12(15-8)13(16)6-9-2-3-10(7-13)17-9/h4-5,9-10,16H,2-3,6-7H2,1H3. The molecule has 1 N–H and O–H groups in total. The van der Waals surface area contributed by atoms with Crippen molar-refractivity contribution >= 4 is 11.8 Å². The lowest BCUT2D eigenvalue weighted by Gasteiger charge is -2.35. The summed E-state index contributed by atoms with van der Waals surface area (Å²) >= 11 is 1.99. The zero-order valence-corrected chi connectivity index (χ0v) is 10.6. The minimum Gasteiger partial charge on any atom is -0.383 e. The van der Waals surface area contributed by atoms with Gasteiger partial charge in [-0.3, -0.25) is 4.98 Å². The van der Waals surface area contributed by atoms with Gasteiger partial charge >= 0.3 is 0 Å². The molecule has 2 atom stereocenters. The Morgan fingerprint density at radius 2 is 2.00 bits per heavy atom. The fourth-order valence-corrected chi connectivity index (χ4v) is 4.76. The molecule has 0 radical (unpaired) electrons.